The van der Waals surface area contributed by atoms with Crippen LogP contribution in [-0.2, 0) is 0 Å². The van der Waals surface area contributed by atoms with Crippen LogP contribution in [0.5, 0.6) is 0 Å². The summed E-state index contributed by atoms with van der Waals surface area (Å²) in [7, 11) is 0. The third-order valence-corrected chi connectivity index (χ3v) is 5.20. The van der Waals surface area contributed by atoms with E-state index in [9.17, 15) is 0 Å². The number of nitrogens with zero attached hydrogens (tertiary/aromatic N) is 1. The van der Waals surface area contributed by atoms with E-state index in [1.54, 1.807) is 11.3 Å². The van der Waals surface area contributed by atoms with Gasteiger partial charge in [0.1, 0.15) is 6.17 Å². The Bertz CT molecular complexity index is 1030. The molecule has 3 nitrogen and oxygen atoms in total. The molecule has 3 N–H and O–H groups in total. The number of nitrogens with two attached hydrogens (primary N) is 1. The minimum Gasteiger partial charge on any atom is -0.342 e. The number of aryl methyl sites for hydroxylation is 2. The highest BCUT2D eigenvalue weighted by atomic mass is 32.1. The van der Waals surface area contributed by atoms with Crippen molar-refractivity contribution in [1.82, 2.24) is 4.98 Å². The molecule has 0 bridgehead atoms. The second-order valence-corrected chi connectivity index (χ2v) is 7.17. The van der Waals surface area contributed by atoms with Gasteiger partial charge < -0.3 is 11.1 Å². The highest BCUT2D eigenvalue weighted by Gasteiger charge is 2.13. The molecule has 0 aliphatic heterocycles. The lowest BCUT2D eigenvalue weighted by atomic mass is 10.0. The summed E-state index contributed by atoms with van der Waals surface area (Å²) < 4.78 is 1.19. The van der Waals surface area contributed by atoms with Crippen molar-refractivity contribution in [3.8, 4) is 0 Å². The minimum atomic E-state index is -0.293. The number of aromatic nitrogens is 1. The van der Waals surface area contributed by atoms with E-state index < -0.39 is 0 Å². The van der Waals surface area contributed by atoms with Crippen molar-refractivity contribution in [3.05, 3.63) is 71.3 Å². The average Bonchev–Trinajstić information content (AvgIpc) is 2.97. The molecule has 3 aromatic carbocycles. The zero-order valence-electron chi connectivity index (χ0n) is 13.7. The first kappa shape index (κ1) is 15.1. The molecule has 0 aliphatic rings. The summed E-state index contributed by atoms with van der Waals surface area (Å²) in [6.07, 6.45) is -0.293. The SMILES string of the molecule is Cc1cc(C)c2nc(NC(N)c3cccc4ccccc34)sc2c1. The van der Waals surface area contributed by atoms with Crippen LogP contribution in [0.2, 0.25) is 0 Å². The second-order valence-electron chi connectivity index (χ2n) is 6.14. The molecule has 4 heteroatoms. The number of hydrogen-bond acceptors (Lipinski definition) is 4. The van der Waals surface area contributed by atoms with E-state index in [0.717, 1.165) is 16.2 Å². The van der Waals surface area contributed by atoms with E-state index in [0.29, 0.717) is 0 Å². The molecule has 0 aliphatic carbocycles. The Hall–Kier alpha value is -2.43. The Morgan fingerprint density at radius 3 is 2.71 bits per heavy atom. The highest BCUT2D eigenvalue weighted by Crippen LogP contribution is 2.31. The zero-order valence-corrected chi connectivity index (χ0v) is 14.5. The fraction of sp³-hybridized carbons (Fsp3) is 0.150. The van der Waals surface area contributed by atoms with Gasteiger partial charge in [-0.2, -0.15) is 0 Å². The van der Waals surface area contributed by atoms with E-state index in [-0.39, 0.29) is 6.17 Å². The molecule has 4 rings (SSSR count). The number of hydrogen-bond donors (Lipinski definition) is 2. The smallest absolute Gasteiger partial charge is 0.185 e. The van der Waals surface area contributed by atoms with Crippen LogP contribution < -0.4 is 11.1 Å². The highest BCUT2D eigenvalue weighted by molar-refractivity contribution is 7.22. The molecular weight excluding hydrogens is 314 g/mol. The van der Waals surface area contributed by atoms with Crippen molar-refractivity contribution in [1.29, 1.82) is 0 Å². The topological polar surface area (TPSA) is 50.9 Å². The number of fused-ring (bicyclic) bond motifs is 2. The van der Waals surface area contributed by atoms with Crippen LogP contribution in [0.1, 0.15) is 22.9 Å². The van der Waals surface area contributed by atoms with Gasteiger partial charge in [-0.25, -0.2) is 4.98 Å². The largest absolute Gasteiger partial charge is 0.342 e. The molecule has 0 amide bonds. The van der Waals surface area contributed by atoms with Gasteiger partial charge in [-0.3, -0.25) is 0 Å². The summed E-state index contributed by atoms with van der Waals surface area (Å²) in [6.45, 7) is 4.21. The van der Waals surface area contributed by atoms with Crippen molar-refractivity contribution < 1.29 is 0 Å². The molecule has 0 saturated carbocycles. The Kier molecular flexibility index (Phi) is 3.71. The molecule has 1 heterocycles. The molecule has 0 radical (unpaired) electrons. The standard InChI is InChI=1S/C20H19N3S/c1-12-10-13(2)18-17(11-12)24-20(22-18)23-19(21)16-9-5-7-14-6-3-4-8-15(14)16/h3-11,19H,21H2,1-2H3,(H,22,23). The summed E-state index contributed by atoms with van der Waals surface area (Å²) in [6, 6.07) is 18.9. The third-order valence-electron chi connectivity index (χ3n) is 4.27. The maximum absolute atomic E-state index is 6.44. The van der Waals surface area contributed by atoms with Gasteiger partial charge in [0, 0.05) is 0 Å². The monoisotopic (exact) mass is 333 g/mol. The molecule has 24 heavy (non-hydrogen) atoms. The fourth-order valence-corrected chi connectivity index (χ4v) is 4.24. The van der Waals surface area contributed by atoms with Crippen LogP contribution in [0.4, 0.5) is 5.13 Å². The number of benzene rings is 3. The lowest BCUT2D eigenvalue weighted by Gasteiger charge is -2.15. The molecule has 1 unspecified atom stereocenters. The third kappa shape index (κ3) is 2.64. The number of nitrogens with one attached hydrogen (secondary N) is 1. The molecule has 0 spiro atoms. The Balaban J connectivity index is 1.71. The van der Waals surface area contributed by atoms with Crippen LogP contribution >= 0.6 is 11.3 Å². The van der Waals surface area contributed by atoms with E-state index in [2.05, 4.69) is 55.6 Å². The second kappa shape index (κ2) is 5.89. The lowest BCUT2D eigenvalue weighted by Crippen LogP contribution is -2.20. The van der Waals surface area contributed by atoms with Crippen molar-refractivity contribution in [3.63, 3.8) is 0 Å². The molecule has 0 saturated heterocycles. The molecule has 4 aromatic rings. The first-order valence-electron chi connectivity index (χ1n) is 7.99. The zero-order chi connectivity index (χ0) is 16.7. The first-order chi connectivity index (χ1) is 11.6. The number of rotatable bonds is 3. The van der Waals surface area contributed by atoms with Gasteiger partial charge in [0.05, 0.1) is 10.2 Å². The van der Waals surface area contributed by atoms with E-state index >= 15 is 0 Å². The normalized spacial score (nSPS) is 12.6. The Morgan fingerprint density at radius 2 is 1.83 bits per heavy atom. The van der Waals surface area contributed by atoms with Crippen molar-refractivity contribution in [2.24, 2.45) is 5.73 Å². The van der Waals surface area contributed by atoms with Gasteiger partial charge in [-0.1, -0.05) is 59.9 Å². The lowest BCUT2D eigenvalue weighted by molar-refractivity contribution is 0.843. The van der Waals surface area contributed by atoms with Crippen LogP contribution in [0.15, 0.2) is 54.6 Å². The number of thiazole rings is 1. The van der Waals surface area contributed by atoms with Gasteiger partial charge in [-0.05, 0) is 47.4 Å². The maximum atomic E-state index is 6.44. The van der Waals surface area contributed by atoms with Crippen LogP contribution in [0, 0.1) is 13.8 Å². The molecule has 0 fully saturated rings. The van der Waals surface area contributed by atoms with Crippen molar-refractivity contribution >= 4 is 37.5 Å². The van der Waals surface area contributed by atoms with E-state index in [1.807, 2.05) is 18.2 Å². The summed E-state index contributed by atoms with van der Waals surface area (Å²) in [5.41, 5.74) is 11.0. The van der Waals surface area contributed by atoms with E-state index in [4.69, 9.17) is 10.7 Å². The van der Waals surface area contributed by atoms with Gasteiger partial charge >= 0.3 is 0 Å². The molecule has 1 aromatic heterocycles. The minimum absolute atomic E-state index is 0.293. The Morgan fingerprint density at radius 1 is 1.04 bits per heavy atom. The van der Waals surface area contributed by atoms with Crippen molar-refractivity contribution in [2.45, 2.75) is 20.0 Å². The average molecular weight is 333 g/mol. The van der Waals surface area contributed by atoms with E-state index in [1.165, 1.54) is 26.6 Å². The maximum Gasteiger partial charge on any atom is 0.185 e. The fourth-order valence-electron chi connectivity index (χ4n) is 3.16. The van der Waals surface area contributed by atoms with Gasteiger partial charge in [-0.15, -0.1) is 0 Å². The summed E-state index contributed by atoms with van der Waals surface area (Å²) in [5.74, 6) is 0. The quantitative estimate of drug-likeness (QED) is 0.511. The summed E-state index contributed by atoms with van der Waals surface area (Å²) in [4.78, 5) is 4.73. The van der Waals surface area contributed by atoms with Crippen molar-refractivity contribution in [2.75, 3.05) is 5.32 Å². The first-order valence-corrected chi connectivity index (χ1v) is 8.81. The summed E-state index contributed by atoms with van der Waals surface area (Å²) in [5, 5.41) is 6.60. The van der Waals surface area contributed by atoms with Crippen LogP contribution in [0.3, 0.4) is 0 Å². The molecule has 1 atom stereocenters. The molecule has 120 valence electrons. The molecular formula is C20H19N3S. The summed E-state index contributed by atoms with van der Waals surface area (Å²) >= 11 is 1.65. The van der Waals surface area contributed by atoms with Crippen LogP contribution in [0.25, 0.3) is 21.0 Å². The predicted octanol–water partition coefficient (Wildman–Crippen LogP) is 5.14. The predicted molar refractivity (Wildman–Crippen MR) is 104 cm³/mol. The van der Waals surface area contributed by atoms with Gasteiger partial charge in [0.2, 0.25) is 0 Å². The number of anilines is 1. The van der Waals surface area contributed by atoms with Crippen LogP contribution in [-0.4, -0.2) is 4.98 Å². The Labute approximate surface area is 145 Å². The van der Waals surface area contributed by atoms with Gasteiger partial charge in [0.15, 0.2) is 5.13 Å². The van der Waals surface area contributed by atoms with Gasteiger partial charge in [0.25, 0.3) is 0 Å².